The number of hydrogen-bond acceptors (Lipinski definition) is 4. The Balaban J connectivity index is 0.000000342. The lowest BCUT2D eigenvalue weighted by molar-refractivity contribution is -0.116. The molecule has 0 bridgehead atoms. The Labute approximate surface area is 112 Å². The number of amides is 2. The fourth-order valence-corrected chi connectivity index (χ4v) is 0.923. The van der Waals surface area contributed by atoms with E-state index in [0.717, 1.165) is 5.56 Å². The summed E-state index contributed by atoms with van der Waals surface area (Å²) in [6, 6.07) is 9.23. The summed E-state index contributed by atoms with van der Waals surface area (Å²) in [4.78, 5) is 31.6. The molecule has 0 aromatic heterocycles. The molecule has 1 rings (SSSR count). The van der Waals surface area contributed by atoms with Crippen molar-refractivity contribution in [3.05, 3.63) is 48.0 Å². The quantitative estimate of drug-likeness (QED) is 0.656. The van der Waals surface area contributed by atoms with Crippen LogP contribution >= 0.6 is 0 Å². The van der Waals surface area contributed by atoms with Crippen molar-refractivity contribution >= 4 is 17.8 Å². The van der Waals surface area contributed by atoms with Crippen LogP contribution in [0.3, 0.4) is 0 Å². The van der Waals surface area contributed by atoms with Crippen LogP contribution in [-0.4, -0.2) is 24.9 Å². The zero-order valence-electron chi connectivity index (χ0n) is 11.2. The Hall–Kier alpha value is -2.43. The number of nitrogens with one attached hydrogen (secondary N) is 1. The Bertz CT molecular complexity index is 466. The summed E-state index contributed by atoms with van der Waals surface area (Å²) in [5, 5.41) is 1.93. The van der Waals surface area contributed by atoms with Gasteiger partial charge in [-0.2, -0.15) is 0 Å². The molecule has 0 atom stereocenters. The third-order valence-electron chi connectivity index (χ3n) is 1.97. The first-order valence-electron chi connectivity index (χ1n) is 5.49. The Morgan fingerprint density at radius 2 is 1.63 bits per heavy atom. The van der Waals surface area contributed by atoms with E-state index < -0.39 is 12.0 Å². The Morgan fingerprint density at radius 3 is 1.95 bits per heavy atom. The van der Waals surface area contributed by atoms with Crippen LogP contribution in [0.25, 0.3) is 0 Å². The van der Waals surface area contributed by atoms with Crippen molar-refractivity contribution in [2.75, 3.05) is 7.11 Å². The summed E-state index contributed by atoms with van der Waals surface area (Å²) in [5.41, 5.74) is 1.04. The van der Waals surface area contributed by atoms with Crippen molar-refractivity contribution in [2.24, 2.45) is 0 Å². The van der Waals surface area contributed by atoms with E-state index in [-0.39, 0.29) is 11.4 Å². The van der Waals surface area contributed by atoms with Crippen LogP contribution in [0.1, 0.15) is 24.2 Å². The molecular weight excluding hydrogens is 246 g/mol. The van der Waals surface area contributed by atoms with Gasteiger partial charge < -0.3 is 4.74 Å². The zero-order valence-corrected chi connectivity index (χ0v) is 11.2. The molecule has 0 saturated carbocycles. The van der Waals surface area contributed by atoms with Crippen molar-refractivity contribution < 1.29 is 19.1 Å². The largest absolute Gasteiger partial charge is 0.453 e. The molecule has 5 nitrogen and oxygen atoms in total. The molecule has 19 heavy (non-hydrogen) atoms. The molecule has 0 fully saturated rings. The van der Waals surface area contributed by atoms with Crippen molar-refractivity contribution in [1.82, 2.24) is 5.32 Å². The number of carbonyl (C=O) groups excluding carboxylic acids is 3. The molecule has 0 aliphatic heterocycles. The highest BCUT2D eigenvalue weighted by Crippen LogP contribution is 1.97. The van der Waals surface area contributed by atoms with Gasteiger partial charge in [-0.15, -0.1) is 0 Å². The first-order chi connectivity index (χ1) is 8.88. The number of imide groups is 1. The standard InChI is InChI=1S/C8H8O.C6H9NO3/c1-7(9)8-5-3-2-4-6-8;1-4(2)5(8)7-6(9)10-3/h2-6H,1H3;1H2,2-3H3,(H,7,8,9). The predicted molar refractivity (Wildman–Crippen MR) is 71.8 cm³/mol. The van der Waals surface area contributed by atoms with Gasteiger partial charge in [-0.25, -0.2) is 4.79 Å². The van der Waals surface area contributed by atoms with E-state index in [1.807, 2.05) is 35.6 Å². The predicted octanol–water partition coefficient (Wildman–Crippen LogP) is 2.33. The van der Waals surface area contributed by atoms with Gasteiger partial charge in [-0.3, -0.25) is 14.9 Å². The van der Waals surface area contributed by atoms with E-state index in [2.05, 4.69) is 11.3 Å². The van der Waals surface area contributed by atoms with Crippen molar-refractivity contribution in [3.8, 4) is 0 Å². The average molecular weight is 263 g/mol. The molecule has 0 aliphatic carbocycles. The maximum Gasteiger partial charge on any atom is 0.413 e. The minimum atomic E-state index is -0.770. The third kappa shape index (κ3) is 7.49. The molecule has 0 saturated heterocycles. The molecule has 1 aromatic carbocycles. The van der Waals surface area contributed by atoms with Gasteiger partial charge in [0.2, 0.25) is 0 Å². The van der Waals surface area contributed by atoms with Crippen LogP contribution < -0.4 is 5.32 Å². The summed E-state index contributed by atoms with van der Waals surface area (Å²) in [7, 11) is 1.18. The lowest BCUT2D eigenvalue weighted by Crippen LogP contribution is -2.30. The zero-order chi connectivity index (χ0) is 14.8. The SMILES string of the molecule is C=C(C)C(=O)NC(=O)OC.CC(=O)c1ccccc1. The molecule has 2 amide bonds. The van der Waals surface area contributed by atoms with Crippen LogP contribution in [0, 0.1) is 0 Å². The fraction of sp³-hybridized carbons (Fsp3) is 0.214. The van der Waals surface area contributed by atoms with Crippen molar-refractivity contribution in [3.63, 3.8) is 0 Å². The van der Waals surface area contributed by atoms with Gasteiger partial charge in [0.05, 0.1) is 7.11 Å². The van der Waals surface area contributed by atoms with Gasteiger partial charge in [0.1, 0.15) is 0 Å². The first-order valence-corrected chi connectivity index (χ1v) is 5.49. The second-order valence-electron chi connectivity index (χ2n) is 3.65. The first kappa shape index (κ1) is 16.6. The highest BCUT2D eigenvalue weighted by atomic mass is 16.5. The molecule has 102 valence electrons. The number of ketones is 1. The van der Waals surface area contributed by atoms with E-state index in [1.165, 1.54) is 14.0 Å². The van der Waals surface area contributed by atoms with Crippen molar-refractivity contribution in [1.29, 1.82) is 0 Å². The lowest BCUT2D eigenvalue weighted by Gasteiger charge is -1.99. The third-order valence-corrected chi connectivity index (χ3v) is 1.97. The molecular formula is C14H17NO4. The van der Waals surface area contributed by atoms with Gasteiger partial charge in [0.25, 0.3) is 5.91 Å². The smallest absolute Gasteiger partial charge is 0.413 e. The molecule has 0 heterocycles. The number of ether oxygens (including phenoxy) is 1. The summed E-state index contributed by atoms with van der Waals surface area (Å²) >= 11 is 0. The number of Topliss-reactive ketones (excluding diaryl/α,β-unsaturated/α-hetero) is 1. The topological polar surface area (TPSA) is 72.5 Å². The van der Waals surface area contributed by atoms with Gasteiger partial charge in [0.15, 0.2) is 5.78 Å². The fourth-order valence-electron chi connectivity index (χ4n) is 0.923. The molecule has 5 heteroatoms. The van der Waals surface area contributed by atoms with E-state index >= 15 is 0 Å². The number of benzene rings is 1. The van der Waals surface area contributed by atoms with E-state index in [0.29, 0.717) is 0 Å². The van der Waals surface area contributed by atoms with E-state index in [1.54, 1.807) is 6.92 Å². The average Bonchev–Trinajstić information content (AvgIpc) is 2.40. The van der Waals surface area contributed by atoms with Crippen LogP contribution in [0.15, 0.2) is 42.5 Å². The highest BCUT2D eigenvalue weighted by molar-refractivity contribution is 6.01. The molecule has 1 N–H and O–H groups in total. The second kappa shape index (κ2) is 8.63. The Kier molecular flexibility index (Phi) is 7.53. The number of alkyl carbamates (subject to hydrolysis) is 1. The lowest BCUT2D eigenvalue weighted by atomic mass is 10.2. The minimum Gasteiger partial charge on any atom is -0.453 e. The molecule has 0 unspecified atom stereocenters. The van der Waals surface area contributed by atoms with Crippen LogP contribution in [0.4, 0.5) is 4.79 Å². The number of carbonyl (C=O) groups is 3. The monoisotopic (exact) mass is 263 g/mol. The van der Waals surface area contributed by atoms with Crippen molar-refractivity contribution in [2.45, 2.75) is 13.8 Å². The summed E-state index contributed by atoms with van der Waals surface area (Å²) < 4.78 is 4.16. The number of hydrogen-bond donors (Lipinski definition) is 1. The van der Waals surface area contributed by atoms with E-state index in [9.17, 15) is 14.4 Å². The highest BCUT2D eigenvalue weighted by Gasteiger charge is 2.05. The van der Waals surface area contributed by atoms with Gasteiger partial charge >= 0.3 is 6.09 Å². The van der Waals surface area contributed by atoms with Crippen LogP contribution in [-0.2, 0) is 9.53 Å². The molecule has 0 radical (unpaired) electrons. The Morgan fingerprint density at radius 1 is 1.11 bits per heavy atom. The normalized spacial score (nSPS) is 8.58. The second-order valence-corrected chi connectivity index (χ2v) is 3.65. The van der Waals surface area contributed by atoms with E-state index in [4.69, 9.17) is 0 Å². The summed E-state index contributed by atoms with van der Waals surface area (Å²) in [6.07, 6.45) is -0.770. The van der Waals surface area contributed by atoms with Gasteiger partial charge in [-0.05, 0) is 13.8 Å². The summed E-state index contributed by atoms with van der Waals surface area (Å²) in [6.45, 7) is 6.39. The molecule has 1 aromatic rings. The molecule has 0 spiro atoms. The number of rotatable bonds is 2. The summed E-state index contributed by atoms with van der Waals surface area (Å²) in [5.74, 6) is -0.401. The number of methoxy groups -OCH3 is 1. The maximum atomic E-state index is 10.6. The van der Waals surface area contributed by atoms with Gasteiger partial charge in [0, 0.05) is 11.1 Å². The van der Waals surface area contributed by atoms with Crippen LogP contribution in [0.5, 0.6) is 0 Å². The maximum absolute atomic E-state index is 10.6. The minimum absolute atomic E-state index is 0.121. The molecule has 0 aliphatic rings. The van der Waals surface area contributed by atoms with Crippen LogP contribution in [0.2, 0.25) is 0 Å². The van der Waals surface area contributed by atoms with Gasteiger partial charge in [-0.1, -0.05) is 36.9 Å².